The van der Waals surface area contributed by atoms with E-state index in [1.807, 2.05) is 0 Å². The molecule has 0 atom stereocenters. The summed E-state index contributed by atoms with van der Waals surface area (Å²) in [7, 11) is 0. The van der Waals surface area contributed by atoms with E-state index in [1.165, 1.54) is 42.9 Å². The first-order valence-electron chi connectivity index (χ1n) is 4.89. The van der Waals surface area contributed by atoms with Gasteiger partial charge in [0.2, 0.25) is 0 Å². The highest BCUT2D eigenvalue weighted by Crippen LogP contribution is 2.27. The third-order valence-electron chi connectivity index (χ3n) is 2.72. The van der Waals surface area contributed by atoms with E-state index in [1.54, 1.807) is 11.3 Å². The summed E-state index contributed by atoms with van der Waals surface area (Å²) in [5, 5.41) is 0.981. The smallest absolute Gasteiger partial charge is 0.0862 e. The maximum Gasteiger partial charge on any atom is 0.0862 e. The van der Waals surface area contributed by atoms with E-state index in [0.29, 0.717) is 0 Å². The Morgan fingerprint density at radius 1 is 1.33 bits per heavy atom. The van der Waals surface area contributed by atoms with Gasteiger partial charge in [-0.05, 0) is 31.0 Å². The Balaban J connectivity index is 0.000000980. The Labute approximate surface area is 108 Å². The molecule has 2 nitrogen and oxygen atoms in total. The monoisotopic (exact) mass is 268 g/mol. The summed E-state index contributed by atoms with van der Waals surface area (Å²) in [6, 6.07) is 2.15. The Hall–Kier alpha value is 0.0400. The Kier molecular flexibility index (Phi) is 6.60. The van der Waals surface area contributed by atoms with Crippen LogP contribution in [0.25, 0.3) is 0 Å². The summed E-state index contributed by atoms with van der Waals surface area (Å²) in [5.74, 6) is 0. The fraction of sp³-hybridized carbons (Fsp3) is 0.600. The molecule has 0 radical (unpaired) electrons. The molecule has 15 heavy (non-hydrogen) atoms. The number of halogens is 2. The second-order valence-corrected chi connectivity index (χ2v) is 4.70. The summed E-state index contributed by atoms with van der Waals surface area (Å²) < 4.78 is 0. The Morgan fingerprint density at radius 2 is 2.00 bits per heavy atom. The van der Waals surface area contributed by atoms with Crippen LogP contribution in [0.1, 0.15) is 17.4 Å². The van der Waals surface area contributed by atoms with Gasteiger partial charge in [0.1, 0.15) is 0 Å². The summed E-state index contributed by atoms with van der Waals surface area (Å²) >= 11 is 1.77. The lowest BCUT2D eigenvalue weighted by molar-refractivity contribution is 0.303. The molecule has 1 aliphatic rings. The quantitative estimate of drug-likeness (QED) is 0.849. The zero-order chi connectivity index (χ0) is 9.26. The van der Waals surface area contributed by atoms with Crippen LogP contribution in [0.4, 0.5) is 5.00 Å². The molecule has 0 fully saturated rings. The van der Waals surface area contributed by atoms with E-state index >= 15 is 0 Å². The molecule has 0 aliphatic carbocycles. The van der Waals surface area contributed by atoms with Crippen molar-refractivity contribution in [2.45, 2.75) is 19.8 Å². The van der Waals surface area contributed by atoms with Gasteiger partial charge in [-0.3, -0.25) is 0 Å². The molecule has 0 bridgehead atoms. The molecule has 0 amide bonds. The van der Waals surface area contributed by atoms with Gasteiger partial charge >= 0.3 is 0 Å². The predicted molar refractivity (Wildman–Crippen MR) is 72.7 cm³/mol. The number of nitrogens with zero attached hydrogens (tertiary/aromatic N) is 1. The lowest BCUT2D eigenvalue weighted by atomic mass is 10.2. The molecule has 5 heteroatoms. The van der Waals surface area contributed by atoms with Crippen molar-refractivity contribution < 1.29 is 0 Å². The molecular weight excluding hydrogens is 251 g/mol. The molecule has 0 saturated carbocycles. The van der Waals surface area contributed by atoms with Crippen LogP contribution < -0.4 is 5.73 Å². The van der Waals surface area contributed by atoms with Crippen molar-refractivity contribution in [1.82, 2.24) is 4.90 Å². The number of nitrogens with two attached hydrogens (primary N) is 1. The molecule has 2 heterocycles. The van der Waals surface area contributed by atoms with Crippen LogP contribution in [0.5, 0.6) is 0 Å². The van der Waals surface area contributed by atoms with Crippen LogP contribution in [-0.4, -0.2) is 24.5 Å². The molecule has 0 unspecified atom stereocenters. The maximum atomic E-state index is 5.78. The summed E-state index contributed by atoms with van der Waals surface area (Å²) in [6.45, 7) is 5.79. The molecule has 0 aromatic carbocycles. The molecule has 2 N–H and O–H groups in total. The first-order valence-corrected chi connectivity index (χ1v) is 5.70. The summed E-state index contributed by atoms with van der Waals surface area (Å²) in [6.07, 6.45) is 2.36. The van der Waals surface area contributed by atoms with Gasteiger partial charge in [-0.2, -0.15) is 0 Å². The minimum Gasteiger partial charge on any atom is -0.391 e. The van der Waals surface area contributed by atoms with Crippen LogP contribution in [0.3, 0.4) is 0 Å². The van der Waals surface area contributed by atoms with Crippen molar-refractivity contribution >= 4 is 41.2 Å². The van der Waals surface area contributed by atoms with Crippen molar-refractivity contribution in [3.8, 4) is 0 Å². The van der Waals surface area contributed by atoms with Gasteiger partial charge in [-0.15, -0.1) is 36.2 Å². The van der Waals surface area contributed by atoms with Crippen molar-refractivity contribution in [1.29, 1.82) is 0 Å². The van der Waals surface area contributed by atoms with Crippen LogP contribution in [0.2, 0.25) is 0 Å². The van der Waals surface area contributed by atoms with Gasteiger partial charge in [0.15, 0.2) is 0 Å². The zero-order valence-electron chi connectivity index (χ0n) is 8.86. The van der Waals surface area contributed by atoms with E-state index < -0.39 is 0 Å². The third-order valence-corrected chi connectivity index (χ3v) is 3.78. The Morgan fingerprint density at radius 3 is 2.67 bits per heavy atom. The molecule has 0 saturated heterocycles. The van der Waals surface area contributed by atoms with Crippen molar-refractivity contribution in [2.24, 2.45) is 0 Å². The number of fused-ring (bicyclic) bond motifs is 1. The molecule has 2 rings (SSSR count). The van der Waals surface area contributed by atoms with E-state index in [0.717, 1.165) is 5.00 Å². The third kappa shape index (κ3) is 3.52. The second-order valence-electron chi connectivity index (χ2n) is 3.53. The standard InChI is InChI=1S/C10H16N2S.2ClH/c1-2-12-5-3-8-7-10(11)13-9(8)4-6-12;;/h7H,2-6,11H2,1H3;2*1H. The molecule has 1 aliphatic heterocycles. The topological polar surface area (TPSA) is 29.3 Å². The number of hydrogen-bond donors (Lipinski definition) is 1. The highest BCUT2D eigenvalue weighted by molar-refractivity contribution is 7.16. The van der Waals surface area contributed by atoms with Gasteiger partial charge in [0.25, 0.3) is 0 Å². The average molecular weight is 269 g/mol. The maximum absolute atomic E-state index is 5.78. The van der Waals surface area contributed by atoms with Gasteiger partial charge in [0, 0.05) is 18.0 Å². The first-order chi connectivity index (χ1) is 6.29. The van der Waals surface area contributed by atoms with Crippen molar-refractivity contribution in [3.63, 3.8) is 0 Å². The first kappa shape index (κ1) is 15.0. The van der Waals surface area contributed by atoms with E-state index in [-0.39, 0.29) is 24.8 Å². The molecule has 1 aromatic heterocycles. The average Bonchev–Trinajstić information content (AvgIpc) is 2.37. The number of likely N-dealkylation sites (N-methyl/N-ethyl adjacent to an activating group) is 1. The largest absolute Gasteiger partial charge is 0.391 e. The van der Waals surface area contributed by atoms with Gasteiger partial charge < -0.3 is 10.6 Å². The fourth-order valence-electron chi connectivity index (χ4n) is 1.88. The van der Waals surface area contributed by atoms with Crippen molar-refractivity contribution in [2.75, 3.05) is 25.4 Å². The minimum absolute atomic E-state index is 0. The van der Waals surface area contributed by atoms with E-state index in [2.05, 4.69) is 17.9 Å². The summed E-state index contributed by atoms with van der Waals surface area (Å²) in [4.78, 5) is 4.01. The van der Waals surface area contributed by atoms with Crippen LogP contribution >= 0.6 is 36.2 Å². The summed E-state index contributed by atoms with van der Waals surface area (Å²) in [5.41, 5.74) is 7.27. The number of anilines is 1. The number of rotatable bonds is 1. The highest BCUT2D eigenvalue weighted by Gasteiger charge is 2.14. The van der Waals surface area contributed by atoms with E-state index in [4.69, 9.17) is 5.73 Å². The molecule has 1 aromatic rings. The minimum atomic E-state index is 0. The molecule has 0 spiro atoms. The van der Waals surface area contributed by atoms with Crippen LogP contribution in [0.15, 0.2) is 6.07 Å². The van der Waals surface area contributed by atoms with Crippen LogP contribution in [0, 0.1) is 0 Å². The fourth-order valence-corrected chi connectivity index (χ4v) is 2.85. The highest BCUT2D eigenvalue weighted by atomic mass is 35.5. The van der Waals surface area contributed by atoms with Crippen molar-refractivity contribution in [3.05, 3.63) is 16.5 Å². The lowest BCUT2D eigenvalue weighted by Crippen LogP contribution is -2.25. The van der Waals surface area contributed by atoms with Gasteiger partial charge in [-0.1, -0.05) is 6.92 Å². The Bertz CT molecular complexity index is 276. The lowest BCUT2D eigenvalue weighted by Gasteiger charge is -2.16. The number of nitrogen functional groups attached to an aromatic ring is 1. The van der Waals surface area contributed by atoms with Crippen LogP contribution in [-0.2, 0) is 12.8 Å². The zero-order valence-corrected chi connectivity index (χ0v) is 11.3. The van der Waals surface area contributed by atoms with Gasteiger partial charge in [0.05, 0.1) is 5.00 Å². The molecule has 88 valence electrons. The van der Waals surface area contributed by atoms with E-state index in [9.17, 15) is 0 Å². The number of thiophene rings is 1. The van der Waals surface area contributed by atoms with Gasteiger partial charge in [-0.25, -0.2) is 0 Å². The SMILES string of the molecule is CCN1CCc2cc(N)sc2CC1.Cl.Cl. The number of hydrogen-bond acceptors (Lipinski definition) is 3. The predicted octanol–water partition coefficient (Wildman–Crippen LogP) is 2.59. The normalized spacial score (nSPS) is 15.8. The molecular formula is C10H18Cl2N2S. The second kappa shape index (κ2) is 6.59.